The molecule has 1 aromatic heterocycles. The molecule has 0 unspecified atom stereocenters. The van der Waals surface area contributed by atoms with E-state index in [1.54, 1.807) is 6.07 Å². The fraction of sp³-hybridized carbons (Fsp3) is 0.167. The third-order valence-corrected chi connectivity index (χ3v) is 2.62. The van der Waals surface area contributed by atoms with Crippen molar-refractivity contribution in [3.8, 4) is 23.1 Å². The van der Waals surface area contributed by atoms with E-state index in [4.69, 9.17) is 25.8 Å². The van der Waals surface area contributed by atoms with E-state index in [0.29, 0.717) is 11.5 Å². The molecule has 0 bridgehead atoms. The van der Waals surface area contributed by atoms with Crippen LogP contribution in [0.2, 0.25) is 5.28 Å². The number of hydrogen-bond acceptors (Lipinski definition) is 7. The first-order valence-corrected chi connectivity index (χ1v) is 5.99. The molecule has 1 heterocycles. The summed E-state index contributed by atoms with van der Waals surface area (Å²) in [6, 6.07) is 4.69. The van der Waals surface area contributed by atoms with Gasteiger partial charge in [0.05, 0.1) is 19.1 Å². The molecule has 110 valence electrons. The summed E-state index contributed by atoms with van der Waals surface area (Å²) in [5.41, 5.74) is -0.402. The Kier molecular flexibility index (Phi) is 4.39. The van der Waals surface area contributed by atoms with Gasteiger partial charge in [-0.05, 0) is 11.6 Å². The lowest BCUT2D eigenvalue weighted by Crippen LogP contribution is -1.98. The zero-order valence-corrected chi connectivity index (χ0v) is 11.8. The van der Waals surface area contributed by atoms with Gasteiger partial charge in [0, 0.05) is 18.2 Å². The Balaban J connectivity index is 2.42. The molecule has 2 rings (SSSR count). The molecule has 0 N–H and O–H groups in total. The van der Waals surface area contributed by atoms with Gasteiger partial charge in [-0.2, -0.15) is 4.98 Å². The highest BCUT2D eigenvalue weighted by atomic mass is 35.5. The van der Waals surface area contributed by atoms with E-state index in [1.807, 2.05) is 0 Å². The second-order valence-corrected chi connectivity index (χ2v) is 4.08. The van der Waals surface area contributed by atoms with Crippen LogP contribution >= 0.6 is 11.6 Å². The quantitative estimate of drug-likeness (QED) is 0.475. The average molecular weight is 312 g/mol. The molecule has 0 amide bonds. The second-order valence-electron chi connectivity index (χ2n) is 3.74. The van der Waals surface area contributed by atoms with Crippen LogP contribution in [0.15, 0.2) is 24.4 Å². The van der Waals surface area contributed by atoms with Gasteiger partial charge in [0.1, 0.15) is 23.4 Å². The molecule has 8 nitrogen and oxygen atoms in total. The van der Waals surface area contributed by atoms with Crippen LogP contribution in [0.1, 0.15) is 0 Å². The monoisotopic (exact) mass is 311 g/mol. The first-order valence-electron chi connectivity index (χ1n) is 5.61. The molecule has 0 saturated carbocycles. The maximum absolute atomic E-state index is 10.9. The molecule has 0 atom stereocenters. The number of benzene rings is 1. The van der Waals surface area contributed by atoms with Gasteiger partial charge in [0.2, 0.25) is 5.28 Å². The Labute approximate surface area is 124 Å². The smallest absolute Gasteiger partial charge is 0.349 e. The van der Waals surface area contributed by atoms with Gasteiger partial charge in [0.25, 0.3) is 0 Å². The molecule has 2 aromatic rings. The Morgan fingerprint density at radius 1 is 1.14 bits per heavy atom. The number of halogens is 1. The van der Waals surface area contributed by atoms with Crippen LogP contribution in [0.4, 0.5) is 5.69 Å². The van der Waals surface area contributed by atoms with Gasteiger partial charge in [-0.1, -0.05) is 0 Å². The molecule has 21 heavy (non-hydrogen) atoms. The van der Waals surface area contributed by atoms with E-state index >= 15 is 0 Å². The number of hydrogen-bond donors (Lipinski definition) is 0. The van der Waals surface area contributed by atoms with Crippen molar-refractivity contribution in [2.24, 2.45) is 0 Å². The van der Waals surface area contributed by atoms with Crippen molar-refractivity contribution in [2.45, 2.75) is 0 Å². The van der Waals surface area contributed by atoms with Crippen molar-refractivity contribution in [3.05, 3.63) is 39.8 Å². The van der Waals surface area contributed by atoms with Crippen molar-refractivity contribution in [1.29, 1.82) is 0 Å². The highest BCUT2D eigenvalue weighted by Crippen LogP contribution is 2.33. The predicted molar refractivity (Wildman–Crippen MR) is 73.3 cm³/mol. The first kappa shape index (κ1) is 14.8. The molecule has 1 aromatic carbocycles. The number of rotatable bonds is 5. The summed E-state index contributed by atoms with van der Waals surface area (Å²) < 4.78 is 15.6. The Hall–Kier alpha value is -2.61. The topological polar surface area (TPSA) is 96.6 Å². The van der Waals surface area contributed by atoms with E-state index in [2.05, 4.69) is 9.97 Å². The van der Waals surface area contributed by atoms with Crippen LogP contribution in [-0.4, -0.2) is 29.1 Å². The third kappa shape index (κ3) is 3.48. The second kappa shape index (κ2) is 6.23. The largest absolute Gasteiger partial charge is 0.496 e. The van der Waals surface area contributed by atoms with Crippen LogP contribution < -0.4 is 14.2 Å². The van der Waals surface area contributed by atoms with Crippen molar-refractivity contribution in [3.63, 3.8) is 0 Å². The van der Waals surface area contributed by atoms with E-state index in [1.165, 1.54) is 26.4 Å². The average Bonchev–Trinajstić information content (AvgIpc) is 2.46. The Morgan fingerprint density at radius 2 is 1.71 bits per heavy atom. The van der Waals surface area contributed by atoms with Crippen LogP contribution in [0.3, 0.4) is 0 Å². The van der Waals surface area contributed by atoms with Gasteiger partial charge in [-0.25, -0.2) is 4.98 Å². The molecular formula is C12H10ClN3O5. The summed E-state index contributed by atoms with van der Waals surface area (Å²) in [4.78, 5) is 17.5. The minimum atomic E-state index is -0.664. The van der Waals surface area contributed by atoms with Crippen LogP contribution in [-0.2, 0) is 0 Å². The van der Waals surface area contributed by atoms with E-state index in [9.17, 15) is 10.1 Å². The summed E-state index contributed by atoms with van der Waals surface area (Å²) in [5.74, 6) is 0.915. The lowest BCUT2D eigenvalue weighted by molar-refractivity contribution is -0.386. The van der Waals surface area contributed by atoms with Crippen LogP contribution in [0, 0.1) is 10.1 Å². The molecule has 0 radical (unpaired) electrons. The normalized spacial score (nSPS) is 10.0. The van der Waals surface area contributed by atoms with Gasteiger partial charge in [-0.3, -0.25) is 10.1 Å². The molecular weight excluding hydrogens is 302 g/mol. The highest BCUT2D eigenvalue weighted by molar-refractivity contribution is 6.28. The summed E-state index contributed by atoms with van der Waals surface area (Å²) in [5, 5.41) is 10.8. The van der Waals surface area contributed by atoms with Gasteiger partial charge >= 0.3 is 11.6 Å². The first-order chi connectivity index (χ1) is 10.0. The number of ether oxygens (including phenoxy) is 3. The minimum Gasteiger partial charge on any atom is -0.496 e. The number of nitro groups is 1. The Bertz CT molecular complexity index is 658. The lowest BCUT2D eigenvalue weighted by atomic mass is 10.3. The predicted octanol–water partition coefficient (Wildman–Crippen LogP) is 2.85. The van der Waals surface area contributed by atoms with Crippen molar-refractivity contribution < 1.29 is 19.1 Å². The molecule has 0 fully saturated rings. The number of methoxy groups -OCH3 is 2. The third-order valence-electron chi connectivity index (χ3n) is 2.44. The summed E-state index contributed by atoms with van der Waals surface area (Å²) in [6.45, 7) is 0. The Morgan fingerprint density at radius 3 is 2.24 bits per heavy atom. The highest BCUT2D eigenvalue weighted by Gasteiger charge is 2.20. The molecule has 0 saturated heterocycles. The molecule has 0 aliphatic carbocycles. The molecule has 0 aliphatic heterocycles. The summed E-state index contributed by atoms with van der Waals surface area (Å²) in [7, 11) is 2.95. The van der Waals surface area contributed by atoms with Gasteiger partial charge in [0.15, 0.2) is 0 Å². The van der Waals surface area contributed by atoms with E-state index in [-0.39, 0.29) is 16.9 Å². The van der Waals surface area contributed by atoms with E-state index < -0.39 is 10.6 Å². The molecule has 0 aliphatic rings. The zero-order valence-electron chi connectivity index (χ0n) is 11.1. The van der Waals surface area contributed by atoms with Crippen molar-refractivity contribution in [2.75, 3.05) is 14.2 Å². The maximum Gasteiger partial charge on any atom is 0.349 e. The molecule has 0 spiro atoms. The van der Waals surface area contributed by atoms with Crippen LogP contribution in [0.25, 0.3) is 0 Å². The van der Waals surface area contributed by atoms with Crippen LogP contribution in [0.5, 0.6) is 23.1 Å². The SMILES string of the molecule is COc1cc(OC)cc(Oc2nc(Cl)ncc2[N+](=O)[O-])c1. The van der Waals surface area contributed by atoms with Gasteiger partial charge in [-0.15, -0.1) is 0 Å². The minimum absolute atomic E-state index is 0.162. The maximum atomic E-state index is 10.9. The number of aromatic nitrogens is 2. The number of nitrogens with zero attached hydrogens (tertiary/aromatic N) is 3. The molecule has 9 heteroatoms. The fourth-order valence-corrected chi connectivity index (χ4v) is 1.62. The van der Waals surface area contributed by atoms with E-state index in [0.717, 1.165) is 6.20 Å². The lowest BCUT2D eigenvalue weighted by Gasteiger charge is -2.09. The van der Waals surface area contributed by atoms with Crippen molar-refractivity contribution >= 4 is 17.3 Å². The van der Waals surface area contributed by atoms with Crippen molar-refractivity contribution in [1.82, 2.24) is 9.97 Å². The standard InChI is InChI=1S/C12H10ClN3O5/c1-19-7-3-8(20-2)5-9(4-7)21-11-10(16(17)18)6-14-12(13)15-11/h3-6H,1-2H3. The summed E-state index contributed by atoms with van der Waals surface area (Å²) >= 11 is 5.63. The summed E-state index contributed by atoms with van der Waals surface area (Å²) in [6.07, 6.45) is 0.974. The fourth-order valence-electron chi connectivity index (χ4n) is 1.49. The zero-order chi connectivity index (χ0) is 15.4. The van der Waals surface area contributed by atoms with Gasteiger partial charge < -0.3 is 14.2 Å².